The van der Waals surface area contributed by atoms with Crippen LogP contribution in [-0.4, -0.2) is 48.6 Å². The zero-order valence-corrected chi connectivity index (χ0v) is 11.4. The molecule has 0 aliphatic carbocycles. The SMILES string of the molecule is CCNCC1CCN(C2CCCSC2)CC1. The van der Waals surface area contributed by atoms with Crippen LogP contribution in [0.5, 0.6) is 0 Å². The van der Waals surface area contributed by atoms with E-state index < -0.39 is 0 Å². The van der Waals surface area contributed by atoms with Crippen molar-refractivity contribution in [2.75, 3.05) is 37.7 Å². The summed E-state index contributed by atoms with van der Waals surface area (Å²) in [5.74, 6) is 3.72. The minimum atomic E-state index is 0.902. The van der Waals surface area contributed by atoms with Crippen LogP contribution < -0.4 is 5.32 Å². The van der Waals surface area contributed by atoms with E-state index in [0.29, 0.717) is 0 Å². The van der Waals surface area contributed by atoms with Crippen LogP contribution >= 0.6 is 11.8 Å². The maximum absolute atomic E-state index is 3.49. The molecule has 0 aromatic carbocycles. The minimum absolute atomic E-state index is 0.902. The van der Waals surface area contributed by atoms with Gasteiger partial charge in [0.25, 0.3) is 0 Å². The van der Waals surface area contributed by atoms with Crippen LogP contribution in [-0.2, 0) is 0 Å². The molecule has 0 saturated carbocycles. The molecule has 0 aromatic rings. The minimum Gasteiger partial charge on any atom is -0.317 e. The van der Waals surface area contributed by atoms with Crippen LogP contribution in [0.4, 0.5) is 0 Å². The molecule has 2 nitrogen and oxygen atoms in total. The third-order valence-electron chi connectivity index (χ3n) is 3.98. The van der Waals surface area contributed by atoms with Gasteiger partial charge in [0, 0.05) is 11.8 Å². The fourth-order valence-electron chi connectivity index (χ4n) is 2.88. The monoisotopic (exact) mass is 242 g/mol. The van der Waals surface area contributed by atoms with E-state index in [0.717, 1.165) is 18.5 Å². The molecule has 2 heterocycles. The summed E-state index contributed by atoms with van der Waals surface area (Å²) in [6, 6.07) is 0.902. The highest BCUT2D eigenvalue weighted by molar-refractivity contribution is 7.99. The van der Waals surface area contributed by atoms with Gasteiger partial charge in [0.1, 0.15) is 0 Å². The van der Waals surface area contributed by atoms with Gasteiger partial charge < -0.3 is 5.32 Å². The van der Waals surface area contributed by atoms with Crippen LogP contribution in [0.1, 0.15) is 32.6 Å². The Hall–Kier alpha value is 0.270. The quantitative estimate of drug-likeness (QED) is 0.814. The molecule has 94 valence electrons. The van der Waals surface area contributed by atoms with Crippen molar-refractivity contribution in [1.82, 2.24) is 10.2 Å². The molecule has 0 bridgehead atoms. The summed E-state index contributed by atoms with van der Waals surface area (Å²) in [5, 5.41) is 3.49. The molecule has 2 saturated heterocycles. The van der Waals surface area contributed by atoms with Crippen LogP contribution in [0.15, 0.2) is 0 Å². The Labute approximate surface area is 105 Å². The number of hydrogen-bond acceptors (Lipinski definition) is 3. The van der Waals surface area contributed by atoms with E-state index in [1.807, 2.05) is 0 Å². The maximum atomic E-state index is 3.49. The van der Waals surface area contributed by atoms with Crippen molar-refractivity contribution in [3.05, 3.63) is 0 Å². The molecule has 2 aliphatic rings. The van der Waals surface area contributed by atoms with Gasteiger partial charge in [-0.2, -0.15) is 11.8 Å². The Balaban J connectivity index is 1.67. The predicted molar refractivity (Wildman–Crippen MR) is 73.2 cm³/mol. The van der Waals surface area contributed by atoms with Gasteiger partial charge in [0.05, 0.1) is 0 Å². The first-order valence-corrected chi connectivity index (χ1v) is 8.08. The third kappa shape index (κ3) is 3.64. The molecule has 16 heavy (non-hydrogen) atoms. The van der Waals surface area contributed by atoms with Gasteiger partial charge >= 0.3 is 0 Å². The van der Waals surface area contributed by atoms with E-state index in [2.05, 4.69) is 28.9 Å². The van der Waals surface area contributed by atoms with E-state index in [9.17, 15) is 0 Å². The largest absolute Gasteiger partial charge is 0.317 e. The number of nitrogens with one attached hydrogen (secondary N) is 1. The first-order valence-electron chi connectivity index (χ1n) is 6.92. The molecule has 0 radical (unpaired) electrons. The first kappa shape index (κ1) is 12.7. The Kier molecular flexibility index (Phi) is 5.46. The van der Waals surface area contributed by atoms with Crippen molar-refractivity contribution < 1.29 is 0 Å². The average molecular weight is 242 g/mol. The van der Waals surface area contributed by atoms with Crippen LogP contribution in [0.3, 0.4) is 0 Å². The maximum Gasteiger partial charge on any atom is 0.0186 e. The number of likely N-dealkylation sites (tertiary alicyclic amines) is 1. The lowest BCUT2D eigenvalue weighted by Crippen LogP contribution is -2.45. The Morgan fingerprint density at radius 1 is 1.25 bits per heavy atom. The van der Waals surface area contributed by atoms with E-state index in [1.165, 1.54) is 56.8 Å². The molecule has 1 unspecified atom stereocenters. The molecule has 0 spiro atoms. The van der Waals surface area contributed by atoms with Crippen molar-refractivity contribution in [1.29, 1.82) is 0 Å². The fourth-order valence-corrected chi connectivity index (χ4v) is 4.07. The molecule has 3 heteroatoms. The Morgan fingerprint density at radius 2 is 2.06 bits per heavy atom. The average Bonchev–Trinajstić information content (AvgIpc) is 2.38. The van der Waals surface area contributed by atoms with Crippen LogP contribution in [0, 0.1) is 5.92 Å². The molecular formula is C13H26N2S. The zero-order valence-electron chi connectivity index (χ0n) is 10.6. The summed E-state index contributed by atoms with van der Waals surface area (Å²) < 4.78 is 0. The van der Waals surface area contributed by atoms with Crippen molar-refractivity contribution in [2.45, 2.75) is 38.6 Å². The van der Waals surface area contributed by atoms with E-state index in [4.69, 9.17) is 0 Å². The number of piperidine rings is 1. The van der Waals surface area contributed by atoms with E-state index in [1.54, 1.807) is 0 Å². The lowest BCUT2D eigenvalue weighted by atomic mass is 9.95. The lowest BCUT2D eigenvalue weighted by Gasteiger charge is -2.39. The molecule has 2 rings (SSSR count). The summed E-state index contributed by atoms with van der Waals surface area (Å²) in [4.78, 5) is 2.76. The highest BCUT2D eigenvalue weighted by Gasteiger charge is 2.25. The summed E-state index contributed by atoms with van der Waals surface area (Å²) in [6.07, 6.45) is 5.71. The number of rotatable bonds is 4. The van der Waals surface area contributed by atoms with Gasteiger partial charge in [0.15, 0.2) is 0 Å². The molecule has 1 N–H and O–H groups in total. The second-order valence-electron chi connectivity index (χ2n) is 5.16. The molecular weight excluding hydrogens is 216 g/mol. The Morgan fingerprint density at radius 3 is 2.69 bits per heavy atom. The highest BCUT2D eigenvalue weighted by atomic mass is 32.2. The summed E-state index contributed by atoms with van der Waals surface area (Å²) >= 11 is 2.16. The molecule has 2 fully saturated rings. The van der Waals surface area contributed by atoms with Crippen LogP contribution in [0.25, 0.3) is 0 Å². The van der Waals surface area contributed by atoms with Gasteiger partial charge in [0.2, 0.25) is 0 Å². The molecule has 1 atom stereocenters. The van der Waals surface area contributed by atoms with E-state index in [-0.39, 0.29) is 0 Å². The van der Waals surface area contributed by atoms with Crippen molar-refractivity contribution in [2.24, 2.45) is 5.92 Å². The topological polar surface area (TPSA) is 15.3 Å². The van der Waals surface area contributed by atoms with Gasteiger partial charge in [-0.1, -0.05) is 6.92 Å². The van der Waals surface area contributed by atoms with Gasteiger partial charge in [-0.3, -0.25) is 4.90 Å². The number of hydrogen-bond donors (Lipinski definition) is 1. The molecule has 0 aromatic heterocycles. The zero-order chi connectivity index (χ0) is 11.2. The molecule has 0 amide bonds. The second-order valence-corrected chi connectivity index (χ2v) is 6.31. The fraction of sp³-hybridized carbons (Fsp3) is 1.00. The van der Waals surface area contributed by atoms with Gasteiger partial charge in [-0.25, -0.2) is 0 Å². The second kappa shape index (κ2) is 6.87. The van der Waals surface area contributed by atoms with Crippen LogP contribution in [0.2, 0.25) is 0 Å². The van der Waals surface area contributed by atoms with Crippen molar-refractivity contribution >= 4 is 11.8 Å². The Bertz CT molecular complexity index is 184. The summed E-state index contributed by atoms with van der Waals surface area (Å²) in [7, 11) is 0. The van der Waals surface area contributed by atoms with Gasteiger partial charge in [-0.05, 0) is 63.5 Å². The van der Waals surface area contributed by atoms with Crippen molar-refractivity contribution in [3.63, 3.8) is 0 Å². The predicted octanol–water partition coefficient (Wildman–Crippen LogP) is 2.20. The van der Waals surface area contributed by atoms with Crippen molar-refractivity contribution in [3.8, 4) is 0 Å². The highest BCUT2D eigenvalue weighted by Crippen LogP contribution is 2.25. The smallest absolute Gasteiger partial charge is 0.0186 e. The molecule has 2 aliphatic heterocycles. The first-order chi connectivity index (χ1) is 7.90. The third-order valence-corrected chi connectivity index (χ3v) is 5.18. The number of nitrogens with zero attached hydrogens (tertiary/aromatic N) is 1. The lowest BCUT2D eigenvalue weighted by molar-refractivity contribution is 0.135. The van der Waals surface area contributed by atoms with Gasteiger partial charge in [-0.15, -0.1) is 0 Å². The standard InChI is InChI=1S/C13H26N2S/c1-2-14-10-12-5-7-15(8-6-12)13-4-3-9-16-11-13/h12-14H,2-11H2,1H3. The number of thioether (sulfide) groups is 1. The summed E-state index contributed by atoms with van der Waals surface area (Å²) in [6.45, 7) is 7.26. The summed E-state index contributed by atoms with van der Waals surface area (Å²) in [5.41, 5.74) is 0. The van der Waals surface area contributed by atoms with E-state index >= 15 is 0 Å². The normalized spacial score (nSPS) is 29.4.